The Labute approximate surface area is 166 Å². The first kappa shape index (κ1) is 20.2. The van der Waals surface area contributed by atoms with Crippen LogP contribution in [0.1, 0.15) is 5.56 Å². The second kappa shape index (κ2) is 7.83. The first-order valence-electron chi connectivity index (χ1n) is 8.09. The summed E-state index contributed by atoms with van der Waals surface area (Å²) in [6.07, 6.45) is 1.47. The van der Waals surface area contributed by atoms with E-state index in [0.717, 1.165) is 0 Å². The monoisotopic (exact) mass is 421 g/mol. The van der Waals surface area contributed by atoms with Crippen LogP contribution in [0.5, 0.6) is 5.75 Å². The number of hydrogen-bond donors (Lipinski definition) is 5. The Morgan fingerprint density at radius 3 is 2.66 bits per heavy atom. The molecule has 3 aromatic rings. The lowest BCUT2D eigenvalue weighted by molar-refractivity contribution is 0.409. The zero-order chi connectivity index (χ0) is 21.2. The number of nitrogens with one attached hydrogen (secondary N) is 1. The summed E-state index contributed by atoms with van der Waals surface area (Å²) in [5.41, 5.74) is 13.1. The molecular formula is C16H19N7O5S. The van der Waals surface area contributed by atoms with Gasteiger partial charge in [-0.1, -0.05) is 6.07 Å². The fraction of sp³-hybridized carbons (Fsp3) is 0.125. The van der Waals surface area contributed by atoms with Crippen LogP contribution < -0.4 is 31.8 Å². The van der Waals surface area contributed by atoms with E-state index in [0.29, 0.717) is 22.8 Å². The van der Waals surface area contributed by atoms with Crippen LogP contribution in [0, 0.1) is 0 Å². The molecule has 12 nitrogen and oxygen atoms in total. The Morgan fingerprint density at radius 1 is 1.28 bits per heavy atom. The predicted octanol–water partition coefficient (Wildman–Crippen LogP) is 1.00. The summed E-state index contributed by atoms with van der Waals surface area (Å²) < 4.78 is 43.4. The molecule has 8 N–H and O–H groups in total. The maximum atomic E-state index is 11.0. The highest BCUT2D eigenvalue weighted by Gasteiger charge is 2.19. The number of methoxy groups -OCH3 is 1. The number of ether oxygens (including phenoxy) is 1. The molecule has 0 bridgehead atoms. The van der Waals surface area contributed by atoms with Crippen molar-refractivity contribution in [3.05, 3.63) is 42.2 Å². The van der Waals surface area contributed by atoms with E-state index in [1.165, 1.54) is 30.5 Å². The van der Waals surface area contributed by atoms with Gasteiger partial charge in [-0.2, -0.15) is 13.4 Å². The number of aromatic nitrogens is 2. The molecule has 1 aromatic carbocycles. The van der Waals surface area contributed by atoms with Gasteiger partial charge in [0.2, 0.25) is 5.95 Å². The molecule has 154 valence electrons. The van der Waals surface area contributed by atoms with Gasteiger partial charge in [0.1, 0.15) is 17.1 Å². The second-order valence-corrected chi connectivity index (χ2v) is 7.03. The summed E-state index contributed by atoms with van der Waals surface area (Å²) >= 11 is 0. The van der Waals surface area contributed by atoms with Crippen molar-refractivity contribution in [1.82, 2.24) is 9.97 Å². The number of hydrogen-bond acceptors (Lipinski definition) is 10. The van der Waals surface area contributed by atoms with E-state index in [1.54, 1.807) is 18.2 Å². The number of anilines is 4. The number of nitrogens with two attached hydrogens (primary N) is 3. The van der Waals surface area contributed by atoms with Crippen molar-refractivity contribution in [2.45, 2.75) is 6.54 Å². The van der Waals surface area contributed by atoms with Gasteiger partial charge in [-0.25, -0.2) is 10.8 Å². The smallest absolute Gasteiger partial charge is 0.357 e. The van der Waals surface area contributed by atoms with Crippen LogP contribution in [0.2, 0.25) is 0 Å². The van der Waals surface area contributed by atoms with Crippen molar-refractivity contribution in [3.63, 3.8) is 0 Å². The normalized spacial score (nSPS) is 11.3. The molecule has 0 aliphatic heterocycles. The van der Waals surface area contributed by atoms with Gasteiger partial charge in [0.05, 0.1) is 25.6 Å². The molecule has 0 aliphatic rings. The number of rotatable bonds is 7. The van der Waals surface area contributed by atoms with Gasteiger partial charge in [-0.3, -0.25) is 14.3 Å². The summed E-state index contributed by atoms with van der Waals surface area (Å²) in [4.78, 5) is 8.19. The Balaban J connectivity index is 1.92. The Kier molecular flexibility index (Phi) is 5.45. The number of hydrazine groups is 1. The molecule has 2 aromatic heterocycles. The third kappa shape index (κ3) is 4.66. The number of benzene rings is 1. The number of nitrogen functional groups attached to an aromatic ring is 2. The standard InChI is InChI=1S/C16H19N7O5S/c1-27-12-7-10(22-29(24,25)26)5-4-9(12)8-23(19)15-13(17)14(20-16(18)21-15)11-3-2-6-28-11/h2-7,22H,8,17,19H2,1H3,(H2,18,20,21)(H,24,25,26). The molecule has 0 saturated carbocycles. The number of nitrogens with zero attached hydrogens (tertiary/aromatic N) is 3. The summed E-state index contributed by atoms with van der Waals surface area (Å²) in [6.45, 7) is 0.0908. The van der Waals surface area contributed by atoms with Gasteiger partial charge < -0.3 is 20.6 Å². The predicted molar refractivity (Wildman–Crippen MR) is 107 cm³/mol. The van der Waals surface area contributed by atoms with E-state index in [1.807, 2.05) is 4.72 Å². The molecule has 0 spiro atoms. The van der Waals surface area contributed by atoms with E-state index in [9.17, 15) is 8.42 Å². The third-order valence-electron chi connectivity index (χ3n) is 3.84. The van der Waals surface area contributed by atoms with Crippen LogP contribution in [0.15, 0.2) is 41.0 Å². The van der Waals surface area contributed by atoms with Crippen LogP contribution in [-0.4, -0.2) is 30.0 Å². The van der Waals surface area contributed by atoms with Crippen LogP contribution in [-0.2, 0) is 16.8 Å². The molecule has 13 heteroatoms. The Bertz CT molecular complexity index is 1120. The molecule has 2 heterocycles. The first-order valence-corrected chi connectivity index (χ1v) is 9.53. The van der Waals surface area contributed by atoms with E-state index in [-0.39, 0.29) is 29.7 Å². The van der Waals surface area contributed by atoms with Crippen LogP contribution in [0.3, 0.4) is 0 Å². The van der Waals surface area contributed by atoms with Gasteiger partial charge in [-0.15, -0.1) is 0 Å². The molecule has 0 radical (unpaired) electrons. The van der Waals surface area contributed by atoms with Crippen LogP contribution in [0.4, 0.5) is 23.1 Å². The average molecular weight is 421 g/mol. The fourth-order valence-electron chi connectivity index (χ4n) is 2.64. The summed E-state index contributed by atoms with van der Waals surface area (Å²) in [6, 6.07) is 7.75. The second-order valence-electron chi connectivity index (χ2n) is 5.88. The largest absolute Gasteiger partial charge is 0.496 e. The van der Waals surface area contributed by atoms with Crippen molar-refractivity contribution < 1.29 is 22.1 Å². The summed E-state index contributed by atoms with van der Waals surface area (Å²) in [7, 11) is -3.01. The van der Waals surface area contributed by atoms with Crippen LogP contribution in [0.25, 0.3) is 11.5 Å². The SMILES string of the molecule is COc1cc(NS(=O)(=O)O)ccc1CN(N)c1nc(N)nc(-c2ccco2)c1N. The van der Waals surface area contributed by atoms with Crippen molar-refractivity contribution in [2.75, 3.05) is 28.3 Å². The molecule has 0 saturated heterocycles. The molecule has 0 fully saturated rings. The average Bonchev–Trinajstić information content (AvgIpc) is 3.17. The minimum atomic E-state index is -4.41. The maximum absolute atomic E-state index is 11.0. The topological polar surface area (TPSA) is 196 Å². The van der Waals surface area contributed by atoms with Gasteiger partial charge >= 0.3 is 10.3 Å². The quantitative estimate of drug-likeness (QED) is 0.207. The zero-order valence-electron chi connectivity index (χ0n) is 15.2. The molecular weight excluding hydrogens is 402 g/mol. The first-order chi connectivity index (χ1) is 13.7. The Morgan fingerprint density at radius 2 is 2.03 bits per heavy atom. The van der Waals surface area contributed by atoms with E-state index < -0.39 is 10.3 Å². The fourth-order valence-corrected chi connectivity index (χ4v) is 3.07. The Hall–Kier alpha value is -3.55. The van der Waals surface area contributed by atoms with Crippen molar-refractivity contribution >= 4 is 33.4 Å². The molecule has 0 unspecified atom stereocenters. The van der Waals surface area contributed by atoms with E-state index >= 15 is 0 Å². The van der Waals surface area contributed by atoms with Gasteiger partial charge in [0.15, 0.2) is 11.6 Å². The lowest BCUT2D eigenvalue weighted by atomic mass is 10.1. The molecule has 3 rings (SSSR count). The minimum Gasteiger partial charge on any atom is -0.496 e. The lowest BCUT2D eigenvalue weighted by Crippen LogP contribution is -2.32. The molecule has 29 heavy (non-hydrogen) atoms. The molecule has 0 amide bonds. The lowest BCUT2D eigenvalue weighted by Gasteiger charge is -2.22. The highest BCUT2D eigenvalue weighted by atomic mass is 32.2. The summed E-state index contributed by atoms with van der Waals surface area (Å²) in [5.74, 6) is 7.01. The highest BCUT2D eigenvalue weighted by molar-refractivity contribution is 7.87. The zero-order valence-corrected chi connectivity index (χ0v) is 16.0. The third-order valence-corrected chi connectivity index (χ3v) is 4.34. The molecule has 0 atom stereocenters. The maximum Gasteiger partial charge on any atom is 0.357 e. The van der Waals surface area contributed by atoms with Crippen molar-refractivity contribution in [1.29, 1.82) is 0 Å². The van der Waals surface area contributed by atoms with Crippen molar-refractivity contribution in [2.24, 2.45) is 5.84 Å². The summed E-state index contributed by atoms with van der Waals surface area (Å²) in [5, 5.41) is 1.24. The number of furan rings is 1. The van der Waals surface area contributed by atoms with Crippen LogP contribution >= 0.6 is 0 Å². The van der Waals surface area contributed by atoms with E-state index in [4.69, 9.17) is 31.0 Å². The highest BCUT2D eigenvalue weighted by Crippen LogP contribution is 2.33. The van der Waals surface area contributed by atoms with Gasteiger partial charge in [0.25, 0.3) is 0 Å². The van der Waals surface area contributed by atoms with Crippen molar-refractivity contribution in [3.8, 4) is 17.2 Å². The van der Waals surface area contributed by atoms with Gasteiger partial charge in [0, 0.05) is 11.6 Å². The van der Waals surface area contributed by atoms with E-state index in [2.05, 4.69) is 9.97 Å². The van der Waals surface area contributed by atoms with Gasteiger partial charge in [-0.05, 0) is 18.2 Å². The minimum absolute atomic E-state index is 0.0456. The molecule has 0 aliphatic carbocycles.